The number of thiophene rings is 1. The van der Waals surface area contributed by atoms with Crippen LogP contribution in [0.5, 0.6) is 0 Å². The van der Waals surface area contributed by atoms with Crippen LogP contribution in [-0.2, 0) is 0 Å². The zero-order chi connectivity index (χ0) is 9.30. The quantitative estimate of drug-likeness (QED) is 0.740. The Balaban J connectivity index is 2.97. The fourth-order valence-electron chi connectivity index (χ4n) is 0.753. The average molecular weight is 268 g/mol. The highest BCUT2D eigenvalue weighted by molar-refractivity contribution is 9.11. The smallest absolute Gasteiger partial charge is 0.175 e. The second-order valence-corrected chi connectivity index (χ2v) is 5.53. The second-order valence-electron chi connectivity index (χ2n) is 2.75. The van der Waals surface area contributed by atoms with Gasteiger partial charge in [0.1, 0.15) is 0 Å². The second kappa shape index (κ2) is 3.90. The summed E-state index contributed by atoms with van der Waals surface area (Å²) in [6.07, 6.45) is 0. The molecule has 0 aliphatic carbocycles. The molecule has 1 heterocycles. The van der Waals surface area contributed by atoms with E-state index in [2.05, 4.69) is 15.9 Å². The fourth-order valence-corrected chi connectivity index (χ4v) is 2.54. The summed E-state index contributed by atoms with van der Waals surface area (Å²) >= 11 is 10.4. The molecule has 0 saturated heterocycles. The highest BCUT2D eigenvalue weighted by atomic mass is 79.9. The number of hydrogen-bond donors (Lipinski definition) is 0. The summed E-state index contributed by atoms with van der Waals surface area (Å²) in [7, 11) is 0. The van der Waals surface area contributed by atoms with E-state index >= 15 is 0 Å². The summed E-state index contributed by atoms with van der Waals surface area (Å²) in [4.78, 5) is 12.2. The molecule has 4 heteroatoms. The molecule has 0 aliphatic rings. The molecule has 0 saturated carbocycles. The molecule has 1 nitrogen and oxygen atoms in total. The molecule has 1 aromatic rings. The van der Waals surface area contributed by atoms with E-state index in [1.54, 1.807) is 6.07 Å². The molecule has 0 amide bonds. The van der Waals surface area contributed by atoms with Crippen molar-refractivity contribution in [3.8, 4) is 0 Å². The molecular formula is C8H8BrClOS. The van der Waals surface area contributed by atoms with E-state index in [1.165, 1.54) is 11.3 Å². The predicted octanol–water partition coefficient (Wildman–Crippen LogP) is 4.00. The molecule has 0 fully saturated rings. The molecule has 0 radical (unpaired) electrons. The Kier molecular flexibility index (Phi) is 3.32. The molecule has 1 rings (SSSR count). The fraction of sp³-hybridized carbons (Fsp3) is 0.375. The minimum Gasteiger partial charge on any atom is -0.293 e. The van der Waals surface area contributed by atoms with Gasteiger partial charge in [-0.15, -0.1) is 11.3 Å². The molecule has 0 bridgehead atoms. The maximum absolute atomic E-state index is 11.4. The van der Waals surface area contributed by atoms with Gasteiger partial charge in [-0.1, -0.05) is 25.4 Å². The summed E-state index contributed by atoms with van der Waals surface area (Å²) in [6, 6.07) is 1.71. The van der Waals surface area contributed by atoms with Gasteiger partial charge in [-0.3, -0.25) is 4.79 Å². The van der Waals surface area contributed by atoms with Crippen LogP contribution in [0.3, 0.4) is 0 Å². The monoisotopic (exact) mass is 266 g/mol. The van der Waals surface area contributed by atoms with E-state index in [0.29, 0.717) is 5.02 Å². The molecule has 66 valence electrons. The highest BCUT2D eigenvalue weighted by Crippen LogP contribution is 2.33. The maximum Gasteiger partial charge on any atom is 0.175 e. The Morgan fingerprint density at radius 2 is 2.25 bits per heavy atom. The van der Waals surface area contributed by atoms with Crippen molar-refractivity contribution in [2.24, 2.45) is 5.92 Å². The van der Waals surface area contributed by atoms with Crippen molar-refractivity contribution in [2.45, 2.75) is 13.8 Å². The van der Waals surface area contributed by atoms with E-state index in [4.69, 9.17) is 11.6 Å². The molecule has 1 aromatic heterocycles. The molecule has 0 unspecified atom stereocenters. The van der Waals surface area contributed by atoms with Crippen LogP contribution >= 0.6 is 38.9 Å². The first-order valence-corrected chi connectivity index (χ1v) is 5.50. The lowest BCUT2D eigenvalue weighted by Gasteiger charge is -1.98. The molecule has 12 heavy (non-hydrogen) atoms. The lowest BCUT2D eigenvalue weighted by atomic mass is 10.1. The Labute approximate surface area is 88.9 Å². The molecule has 0 atom stereocenters. The van der Waals surface area contributed by atoms with Gasteiger partial charge >= 0.3 is 0 Å². The van der Waals surface area contributed by atoms with Gasteiger partial charge in [0.05, 0.1) is 13.7 Å². The van der Waals surface area contributed by atoms with Crippen LogP contribution in [0.25, 0.3) is 0 Å². The maximum atomic E-state index is 11.4. The van der Waals surface area contributed by atoms with E-state index < -0.39 is 0 Å². The average Bonchev–Trinajstić information content (AvgIpc) is 2.30. The number of rotatable bonds is 2. The van der Waals surface area contributed by atoms with Crippen molar-refractivity contribution in [1.82, 2.24) is 0 Å². The van der Waals surface area contributed by atoms with Gasteiger partial charge in [-0.25, -0.2) is 0 Å². The van der Waals surface area contributed by atoms with Crippen molar-refractivity contribution in [3.05, 3.63) is 19.8 Å². The van der Waals surface area contributed by atoms with E-state index in [-0.39, 0.29) is 11.7 Å². The van der Waals surface area contributed by atoms with Crippen LogP contribution < -0.4 is 0 Å². The summed E-state index contributed by atoms with van der Waals surface area (Å²) in [5, 5.41) is 0.615. The Morgan fingerprint density at radius 1 is 1.67 bits per heavy atom. The number of carbonyl (C=O) groups is 1. The Bertz CT molecular complexity index is 287. The van der Waals surface area contributed by atoms with Crippen molar-refractivity contribution >= 4 is 44.7 Å². The van der Waals surface area contributed by atoms with Crippen LogP contribution in [-0.4, -0.2) is 5.78 Å². The van der Waals surface area contributed by atoms with Crippen LogP contribution in [0, 0.1) is 5.92 Å². The first-order valence-electron chi connectivity index (χ1n) is 3.51. The molecule has 0 spiro atoms. The predicted molar refractivity (Wildman–Crippen MR) is 56.2 cm³/mol. The van der Waals surface area contributed by atoms with E-state index in [9.17, 15) is 4.79 Å². The molecular weight excluding hydrogens is 260 g/mol. The van der Waals surface area contributed by atoms with Crippen LogP contribution in [0.4, 0.5) is 0 Å². The van der Waals surface area contributed by atoms with Crippen LogP contribution in [0.2, 0.25) is 5.02 Å². The largest absolute Gasteiger partial charge is 0.293 e. The third-order valence-corrected chi connectivity index (χ3v) is 3.90. The minimum atomic E-state index is 0.0339. The van der Waals surface area contributed by atoms with E-state index in [0.717, 1.165) is 8.66 Å². The Morgan fingerprint density at radius 3 is 2.58 bits per heavy atom. The number of carbonyl (C=O) groups excluding carboxylic acids is 1. The van der Waals surface area contributed by atoms with Crippen molar-refractivity contribution in [1.29, 1.82) is 0 Å². The van der Waals surface area contributed by atoms with Gasteiger partial charge in [0.25, 0.3) is 0 Å². The first kappa shape index (κ1) is 10.2. The third kappa shape index (κ3) is 2.09. The van der Waals surface area contributed by atoms with Crippen molar-refractivity contribution in [2.75, 3.05) is 0 Å². The minimum absolute atomic E-state index is 0.0339. The summed E-state index contributed by atoms with van der Waals surface area (Å²) in [5.74, 6) is 0.180. The normalized spacial score (nSPS) is 10.8. The standard InChI is InChI=1S/C8H8BrClOS/c1-4(2)7(11)6-3-5(10)8(9)12-6/h3-4H,1-2H3. The lowest BCUT2D eigenvalue weighted by Crippen LogP contribution is -2.04. The zero-order valence-corrected chi connectivity index (χ0v) is 9.89. The Hall–Kier alpha value is 0.140. The van der Waals surface area contributed by atoms with E-state index in [1.807, 2.05) is 13.8 Å². The van der Waals surface area contributed by atoms with Gasteiger partial charge in [0.15, 0.2) is 5.78 Å². The molecule has 0 aromatic carbocycles. The third-order valence-electron chi connectivity index (χ3n) is 1.41. The number of halogens is 2. The SMILES string of the molecule is CC(C)C(=O)c1cc(Cl)c(Br)s1. The summed E-state index contributed by atoms with van der Waals surface area (Å²) in [6.45, 7) is 3.76. The van der Waals surface area contributed by atoms with Crippen LogP contribution in [0.15, 0.2) is 9.85 Å². The summed E-state index contributed by atoms with van der Waals surface area (Å²) < 4.78 is 0.827. The van der Waals surface area contributed by atoms with Crippen LogP contribution in [0.1, 0.15) is 23.5 Å². The number of Topliss-reactive ketones (excluding diaryl/α,β-unsaturated/α-hetero) is 1. The number of hydrogen-bond acceptors (Lipinski definition) is 2. The van der Waals surface area contributed by atoms with Gasteiger partial charge in [0.2, 0.25) is 0 Å². The highest BCUT2D eigenvalue weighted by Gasteiger charge is 2.14. The van der Waals surface area contributed by atoms with Gasteiger partial charge in [-0.05, 0) is 22.0 Å². The molecule has 0 aliphatic heterocycles. The molecule has 0 N–H and O–H groups in total. The van der Waals surface area contributed by atoms with Gasteiger partial charge in [0, 0.05) is 5.92 Å². The lowest BCUT2D eigenvalue weighted by molar-refractivity contribution is 0.0943. The van der Waals surface area contributed by atoms with Crippen molar-refractivity contribution < 1.29 is 4.79 Å². The van der Waals surface area contributed by atoms with Crippen molar-refractivity contribution in [3.63, 3.8) is 0 Å². The first-order chi connectivity index (χ1) is 5.52. The number of ketones is 1. The van der Waals surface area contributed by atoms with Gasteiger partial charge < -0.3 is 0 Å². The summed E-state index contributed by atoms with van der Waals surface area (Å²) in [5.41, 5.74) is 0. The zero-order valence-electron chi connectivity index (χ0n) is 6.73. The van der Waals surface area contributed by atoms with Gasteiger partial charge in [-0.2, -0.15) is 0 Å². The topological polar surface area (TPSA) is 17.1 Å².